The Morgan fingerprint density at radius 2 is 2.18 bits per heavy atom. The van der Waals surface area contributed by atoms with Crippen LogP contribution in [0.1, 0.15) is 25.7 Å². The molecule has 2 aliphatic rings. The molecule has 0 spiro atoms. The van der Waals surface area contributed by atoms with Crippen molar-refractivity contribution >= 4 is 11.9 Å². The van der Waals surface area contributed by atoms with Gasteiger partial charge in [-0.15, -0.1) is 0 Å². The Labute approximate surface area is 99.7 Å². The second-order valence-corrected chi connectivity index (χ2v) is 4.72. The maximum atomic E-state index is 11.6. The summed E-state index contributed by atoms with van der Waals surface area (Å²) in [5.41, 5.74) is -1.21. The van der Waals surface area contributed by atoms with Gasteiger partial charge in [0.05, 0.1) is 6.61 Å². The summed E-state index contributed by atoms with van der Waals surface area (Å²) in [5.74, 6) is -1.25. The molecule has 6 nitrogen and oxygen atoms in total. The quantitative estimate of drug-likeness (QED) is 0.584. The van der Waals surface area contributed by atoms with Crippen LogP contribution in [0, 0.1) is 0 Å². The highest BCUT2D eigenvalue weighted by Gasteiger charge is 2.43. The van der Waals surface area contributed by atoms with Crippen LogP contribution in [-0.2, 0) is 14.3 Å². The zero-order valence-electron chi connectivity index (χ0n) is 9.70. The van der Waals surface area contributed by atoms with Crippen molar-refractivity contribution in [2.24, 2.45) is 0 Å². The molecule has 17 heavy (non-hydrogen) atoms. The van der Waals surface area contributed by atoms with Crippen molar-refractivity contribution in [2.45, 2.75) is 37.3 Å². The van der Waals surface area contributed by atoms with Crippen molar-refractivity contribution in [1.29, 1.82) is 0 Å². The number of carbonyl (C=O) groups is 2. The van der Waals surface area contributed by atoms with Gasteiger partial charge in [-0.1, -0.05) is 0 Å². The first kappa shape index (κ1) is 12.3. The van der Waals surface area contributed by atoms with Gasteiger partial charge in [0.1, 0.15) is 0 Å². The van der Waals surface area contributed by atoms with Gasteiger partial charge in [-0.25, -0.2) is 4.79 Å². The van der Waals surface area contributed by atoms with Crippen LogP contribution in [0.15, 0.2) is 0 Å². The van der Waals surface area contributed by atoms with E-state index in [-0.39, 0.29) is 12.5 Å². The van der Waals surface area contributed by atoms with E-state index in [0.29, 0.717) is 32.0 Å². The topological polar surface area (TPSA) is 87.7 Å². The zero-order chi connectivity index (χ0) is 12.3. The number of carboxylic acids is 1. The Bertz CT molecular complexity index is 309. The van der Waals surface area contributed by atoms with Gasteiger partial charge >= 0.3 is 5.97 Å². The maximum absolute atomic E-state index is 11.6. The number of hydrogen-bond donors (Lipinski definition) is 3. The van der Waals surface area contributed by atoms with Crippen molar-refractivity contribution in [1.82, 2.24) is 10.6 Å². The van der Waals surface area contributed by atoms with Gasteiger partial charge < -0.3 is 20.5 Å². The van der Waals surface area contributed by atoms with E-state index < -0.39 is 11.5 Å². The van der Waals surface area contributed by atoms with Crippen molar-refractivity contribution < 1.29 is 19.4 Å². The molecule has 3 N–H and O–H groups in total. The lowest BCUT2D eigenvalue weighted by Crippen LogP contribution is -2.55. The summed E-state index contributed by atoms with van der Waals surface area (Å²) < 4.78 is 5.06. The van der Waals surface area contributed by atoms with Crippen LogP contribution >= 0.6 is 0 Å². The van der Waals surface area contributed by atoms with E-state index in [1.807, 2.05) is 0 Å². The van der Waals surface area contributed by atoms with Crippen LogP contribution in [0.25, 0.3) is 0 Å². The van der Waals surface area contributed by atoms with E-state index >= 15 is 0 Å². The molecule has 0 aromatic rings. The molecular formula is C11H18N2O4. The third kappa shape index (κ3) is 3.17. The maximum Gasteiger partial charge on any atom is 0.331 e. The molecule has 1 aliphatic carbocycles. The lowest BCUT2D eigenvalue weighted by Gasteiger charge is -2.23. The third-order valence-electron chi connectivity index (χ3n) is 3.17. The van der Waals surface area contributed by atoms with E-state index in [0.717, 1.165) is 0 Å². The average Bonchev–Trinajstić information content (AvgIpc) is 2.96. The highest BCUT2D eigenvalue weighted by molar-refractivity contribution is 5.87. The fourth-order valence-electron chi connectivity index (χ4n) is 1.89. The molecule has 0 radical (unpaired) electrons. The SMILES string of the molecule is O=C(CCNC1CC1)NC1(C(=O)O)CCOC1. The number of ether oxygens (including phenoxy) is 1. The number of hydrogen-bond acceptors (Lipinski definition) is 4. The molecule has 1 amide bonds. The normalized spacial score (nSPS) is 28.0. The number of nitrogens with one attached hydrogen (secondary N) is 2. The fourth-order valence-corrected chi connectivity index (χ4v) is 1.89. The van der Waals surface area contributed by atoms with Gasteiger partial charge in [0.25, 0.3) is 0 Å². The first-order valence-corrected chi connectivity index (χ1v) is 5.98. The predicted molar refractivity (Wildman–Crippen MR) is 59.6 cm³/mol. The van der Waals surface area contributed by atoms with E-state index in [1.54, 1.807) is 0 Å². The summed E-state index contributed by atoms with van der Waals surface area (Å²) in [7, 11) is 0. The molecule has 1 saturated heterocycles. The predicted octanol–water partition coefficient (Wildman–Crippen LogP) is -0.512. The van der Waals surface area contributed by atoms with Crippen molar-refractivity contribution in [3.63, 3.8) is 0 Å². The molecule has 0 aromatic carbocycles. The zero-order valence-corrected chi connectivity index (χ0v) is 9.70. The molecule has 0 bridgehead atoms. The largest absolute Gasteiger partial charge is 0.479 e. The number of carbonyl (C=O) groups excluding carboxylic acids is 1. The van der Waals surface area contributed by atoms with Gasteiger partial charge in [-0.2, -0.15) is 0 Å². The number of amides is 1. The standard InChI is InChI=1S/C11H18N2O4/c14-9(3-5-12-8-1-2-8)13-11(10(15)16)4-6-17-7-11/h8,12H,1-7H2,(H,13,14)(H,15,16). The van der Waals surface area contributed by atoms with Gasteiger partial charge in [0.2, 0.25) is 5.91 Å². The number of carboxylic acid groups (broad SMARTS) is 1. The van der Waals surface area contributed by atoms with Crippen molar-refractivity contribution in [3.05, 3.63) is 0 Å². The summed E-state index contributed by atoms with van der Waals surface area (Å²) in [5, 5.41) is 14.9. The van der Waals surface area contributed by atoms with Crippen LogP contribution in [-0.4, -0.2) is 48.3 Å². The van der Waals surface area contributed by atoms with E-state index in [1.165, 1.54) is 12.8 Å². The average molecular weight is 242 g/mol. The molecule has 1 heterocycles. The van der Waals surface area contributed by atoms with Gasteiger partial charge in [0.15, 0.2) is 5.54 Å². The molecular weight excluding hydrogens is 224 g/mol. The minimum atomic E-state index is -1.21. The third-order valence-corrected chi connectivity index (χ3v) is 3.17. The molecule has 96 valence electrons. The van der Waals surface area contributed by atoms with Gasteiger partial charge in [-0.05, 0) is 12.8 Å². The smallest absolute Gasteiger partial charge is 0.331 e. The second-order valence-electron chi connectivity index (χ2n) is 4.72. The summed E-state index contributed by atoms with van der Waals surface area (Å²) in [6.45, 7) is 1.05. The monoisotopic (exact) mass is 242 g/mol. The summed E-state index contributed by atoms with van der Waals surface area (Å²) in [6.07, 6.45) is 3.00. The van der Waals surface area contributed by atoms with E-state index in [9.17, 15) is 9.59 Å². The molecule has 1 unspecified atom stereocenters. The second kappa shape index (κ2) is 5.01. The Balaban J connectivity index is 1.76. The van der Waals surface area contributed by atoms with Gasteiger partial charge in [-0.3, -0.25) is 4.79 Å². The molecule has 1 saturated carbocycles. The molecule has 2 rings (SSSR count). The van der Waals surface area contributed by atoms with Crippen LogP contribution in [0.2, 0.25) is 0 Å². The van der Waals surface area contributed by atoms with Crippen molar-refractivity contribution in [3.8, 4) is 0 Å². The summed E-state index contributed by atoms with van der Waals surface area (Å²) >= 11 is 0. The van der Waals surface area contributed by atoms with Crippen LogP contribution < -0.4 is 10.6 Å². The first-order valence-electron chi connectivity index (χ1n) is 5.98. The minimum Gasteiger partial charge on any atom is -0.479 e. The highest BCUT2D eigenvalue weighted by Crippen LogP contribution is 2.20. The molecule has 6 heteroatoms. The Morgan fingerprint density at radius 1 is 1.41 bits per heavy atom. The van der Waals surface area contributed by atoms with Crippen LogP contribution in [0.5, 0.6) is 0 Å². The lowest BCUT2D eigenvalue weighted by atomic mass is 9.99. The molecule has 2 fully saturated rings. The van der Waals surface area contributed by atoms with Gasteiger partial charge in [0, 0.05) is 32.0 Å². The molecule has 1 atom stereocenters. The molecule has 0 aromatic heterocycles. The summed E-state index contributed by atoms with van der Waals surface area (Å²) in [4.78, 5) is 22.8. The molecule has 1 aliphatic heterocycles. The van der Waals surface area contributed by atoms with E-state index in [4.69, 9.17) is 9.84 Å². The fraction of sp³-hybridized carbons (Fsp3) is 0.818. The number of aliphatic carboxylic acids is 1. The number of rotatable bonds is 6. The first-order chi connectivity index (χ1) is 8.12. The lowest BCUT2D eigenvalue weighted by molar-refractivity contribution is -0.147. The Morgan fingerprint density at radius 3 is 2.71 bits per heavy atom. The van der Waals surface area contributed by atoms with Crippen LogP contribution in [0.3, 0.4) is 0 Å². The van der Waals surface area contributed by atoms with E-state index in [2.05, 4.69) is 10.6 Å². The Hall–Kier alpha value is -1.14. The summed E-state index contributed by atoms with van der Waals surface area (Å²) in [6, 6.07) is 0.561. The highest BCUT2D eigenvalue weighted by atomic mass is 16.5. The Kier molecular flexibility index (Phi) is 3.63. The minimum absolute atomic E-state index is 0.0596. The van der Waals surface area contributed by atoms with Crippen LogP contribution in [0.4, 0.5) is 0 Å². The van der Waals surface area contributed by atoms with Crippen molar-refractivity contribution in [2.75, 3.05) is 19.8 Å².